The molecule has 0 bridgehead atoms. The molecule has 146 valence electrons. The fourth-order valence-electron chi connectivity index (χ4n) is 2.72. The van der Waals surface area contributed by atoms with Crippen LogP contribution in [0.3, 0.4) is 0 Å². The topological polar surface area (TPSA) is 78.8 Å². The summed E-state index contributed by atoms with van der Waals surface area (Å²) in [6, 6.07) is 6.30. The van der Waals surface area contributed by atoms with Crippen molar-refractivity contribution in [2.75, 3.05) is 31.6 Å². The third kappa shape index (κ3) is 7.76. The molecule has 1 saturated heterocycles. The maximum atomic E-state index is 11.8. The van der Waals surface area contributed by atoms with Crippen molar-refractivity contribution in [1.82, 2.24) is 15.6 Å². The van der Waals surface area contributed by atoms with E-state index in [1.54, 1.807) is 7.05 Å². The number of nitrogens with one attached hydrogen (secondary N) is 2. The molecule has 7 nitrogen and oxygen atoms in total. The first-order valence-corrected chi connectivity index (χ1v) is 8.72. The minimum atomic E-state index is -0.478. The molecule has 8 heteroatoms. The zero-order chi connectivity index (χ0) is 18.3. The quantitative estimate of drug-likeness (QED) is 0.301. The van der Waals surface area contributed by atoms with Crippen molar-refractivity contribution in [2.24, 2.45) is 4.99 Å². The van der Waals surface area contributed by atoms with E-state index in [9.17, 15) is 4.79 Å². The van der Waals surface area contributed by atoms with Gasteiger partial charge in [0.2, 0.25) is 0 Å². The molecule has 0 spiro atoms. The third-order valence-corrected chi connectivity index (χ3v) is 3.85. The number of ether oxygens (including phenoxy) is 1. The predicted octanol–water partition coefficient (Wildman–Crippen LogP) is 2.18. The zero-order valence-electron chi connectivity index (χ0n) is 16.0. The van der Waals surface area contributed by atoms with Crippen LogP contribution in [0.15, 0.2) is 29.4 Å². The maximum Gasteiger partial charge on any atom is 0.325 e. The van der Waals surface area contributed by atoms with Gasteiger partial charge in [-0.3, -0.25) is 9.79 Å². The second-order valence-corrected chi connectivity index (χ2v) is 7.11. The van der Waals surface area contributed by atoms with Crippen LogP contribution in [0.4, 0.5) is 5.82 Å². The summed E-state index contributed by atoms with van der Waals surface area (Å²) in [6.07, 6.45) is 3.80. The standard InChI is InChI=1S/C18H29N5O2.HI/c1-18(2,3)25-16(24)13-21-17(19-4)22-14-8-11-23(12-9-14)15-7-5-6-10-20-15;/h5-7,10,14H,8-9,11-13H2,1-4H3,(H2,19,21,22);1H. The first kappa shape index (κ1) is 22.5. The second kappa shape index (κ2) is 10.5. The Morgan fingerprint density at radius 2 is 2.04 bits per heavy atom. The van der Waals surface area contributed by atoms with E-state index >= 15 is 0 Å². The Bertz CT molecular complexity index is 581. The number of hydrogen-bond donors (Lipinski definition) is 2. The Hall–Kier alpha value is -1.58. The number of esters is 1. The summed E-state index contributed by atoms with van der Waals surface area (Å²) >= 11 is 0. The summed E-state index contributed by atoms with van der Waals surface area (Å²) in [5, 5.41) is 6.40. The van der Waals surface area contributed by atoms with Crippen LogP contribution in [0.5, 0.6) is 0 Å². The summed E-state index contributed by atoms with van der Waals surface area (Å²) < 4.78 is 5.29. The van der Waals surface area contributed by atoms with Gasteiger partial charge in [-0.1, -0.05) is 6.07 Å². The molecule has 0 saturated carbocycles. The van der Waals surface area contributed by atoms with Crippen molar-refractivity contribution in [3.8, 4) is 0 Å². The van der Waals surface area contributed by atoms with Gasteiger partial charge in [-0.2, -0.15) is 0 Å². The SMILES string of the molecule is CN=C(NCC(=O)OC(C)(C)C)NC1CCN(c2ccccn2)CC1.I. The number of anilines is 1. The molecule has 1 aromatic rings. The van der Waals surface area contributed by atoms with Gasteiger partial charge in [0.05, 0.1) is 0 Å². The number of carbonyl (C=O) groups excluding carboxylic acids is 1. The van der Waals surface area contributed by atoms with Crippen LogP contribution >= 0.6 is 24.0 Å². The predicted molar refractivity (Wildman–Crippen MR) is 115 cm³/mol. The molecule has 1 aliphatic rings. The van der Waals surface area contributed by atoms with Crippen LogP contribution in [-0.2, 0) is 9.53 Å². The summed E-state index contributed by atoms with van der Waals surface area (Å²) in [6.45, 7) is 7.55. The van der Waals surface area contributed by atoms with E-state index in [1.165, 1.54) is 0 Å². The number of nitrogens with zero attached hydrogens (tertiary/aromatic N) is 3. The molecule has 1 aromatic heterocycles. The van der Waals surface area contributed by atoms with Gasteiger partial charge in [0.25, 0.3) is 0 Å². The Balaban J connectivity index is 0.00000338. The van der Waals surface area contributed by atoms with Gasteiger partial charge in [0.15, 0.2) is 5.96 Å². The number of aliphatic imine (C=N–C) groups is 1. The van der Waals surface area contributed by atoms with Crippen LogP contribution in [0, 0.1) is 0 Å². The summed E-state index contributed by atoms with van der Waals surface area (Å²) in [4.78, 5) is 22.7. The van der Waals surface area contributed by atoms with Crippen LogP contribution in [0.1, 0.15) is 33.6 Å². The molecule has 2 rings (SSSR count). The summed E-state index contributed by atoms with van der Waals surface area (Å²) in [7, 11) is 1.70. The van der Waals surface area contributed by atoms with Gasteiger partial charge in [0, 0.05) is 32.4 Å². The smallest absolute Gasteiger partial charge is 0.325 e. The number of pyridine rings is 1. The first-order valence-electron chi connectivity index (χ1n) is 8.72. The minimum absolute atomic E-state index is 0. The largest absolute Gasteiger partial charge is 0.459 e. The van der Waals surface area contributed by atoms with Crippen molar-refractivity contribution >= 4 is 41.7 Å². The van der Waals surface area contributed by atoms with E-state index in [0.29, 0.717) is 12.0 Å². The molecule has 1 fully saturated rings. The van der Waals surface area contributed by atoms with Gasteiger partial charge in [-0.05, 0) is 45.7 Å². The molecule has 2 heterocycles. The number of carbonyl (C=O) groups is 1. The minimum Gasteiger partial charge on any atom is -0.459 e. The van der Waals surface area contributed by atoms with Crippen molar-refractivity contribution in [1.29, 1.82) is 0 Å². The molecule has 2 N–H and O–H groups in total. The normalized spacial score (nSPS) is 15.8. The monoisotopic (exact) mass is 475 g/mol. The first-order chi connectivity index (χ1) is 11.9. The Kier molecular flexibility index (Phi) is 9.11. The van der Waals surface area contributed by atoms with Gasteiger partial charge in [-0.25, -0.2) is 4.98 Å². The Morgan fingerprint density at radius 1 is 1.35 bits per heavy atom. The van der Waals surface area contributed by atoms with Gasteiger partial charge in [0.1, 0.15) is 18.0 Å². The van der Waals surface area contributed by atoms with Crippen molar-refractivity contribution in [3.63, 3.8) is 0 Å². The molecule has 0 aromatic carbocycles. The van der Waals surface area contributed by atoms with E-state index in [4.69, 9.17) is 4.74 Å². The number of guanidine groups is 1. The molecule has 26 heavy (non-hydrogen) atoms. The highest BCUT2D eigenvalue weighted by atomic mass is 127. The number of rotatable bonds is 4. The second-order valence-electron chi connectivity index (χ2n) is 7.11. The molecule has 0 atom stereocenters. The highest BCUT2D eigenvalue weighted by Gasteiger charge is 2.21. The van der Waals surface area contributed by atoms with Gasteiger partial charge in [-0.15, -0.1) is 24.0 Å². The molecular weight excluding hydrogens is 445 g/mol. The van der Waals surface area contributed by atoms with Crippen LogP contribution in [-0.4, -0.2) is 55.2 Å². The molecule has 0 amide bonds. The number of halogens is 1. The lowest BCUT2D eigenvalue weighted by Crippen LogP contribution is -2.50. The number of piperidine rings is 1. The van der Waals surface area contributed by atoms with Crippen LogP contribution in [0.2, 0.25) is 0 Å². The van der Waals surface area contributed by atoms with E-state index in [0.717, 1.165) is 31.7 Å². The fraction of sp³-hybridized carbons (Fsp3) is 0.611. The summed E-state index contributed by atoms with van der Waals surface area (Å²) in [5.41, 5.74) is -0.478. The van der Waals surface area contributed by atoms with E-state index in [1.807, 2.05) is 45.2 Å². The zero-order valence-corrected chi connectivity index (χ0v) is 18.3. The molecule has 1 aliphatic heterocycles. The highest BCUT2D eigenvalue weighted by Crippen LogP contribution is 2.17. The van der Waals surface area contributed by atoms with Crippen molar-refractivity contribution < 1.29 is 9.53 Å². The van der Waals surface area contributed by atoms with Crippen molar-refractivity contribution in [2.45, 2.75) is 45.3 Å². The fourth-order valence-corrected chi connectivity index (χ4v) is 2.72. The van der Waals surface area contributed by atoms with Crippen LogP contribution < -0.4 is 15.5 Å². The van der Waals surface area contributed by atoms with E-state index in [-0.39, 0.29) is 36.5 Å². The highest BCUT2D eigenvalue weighted by molar-refractivity contribution is 14.0. The van der Waals surface area contributed by atoms with Crippen molar-refractivity contribution in [3.05, 3.63) is 24.4 Å². The van der Waals surface area contributed by atoms with Gasteiger partial charge >= 0.3 is 5.97 Å². The average molecular weight is 475 g/mol. The summed E-state index contributed by atoms with van der Waals surface area (Å²) in [5.74, 6) is 1.36. The van der Waals surface area contributed by atoms with Gasteiger partial charge < -0.3 is 20.3 Å². The Morgan fingerprint density at radius 3 is 2.58 bits per heavy atom. The van der Waals surface area contributed by atoms with E-state index in [2.05, 4.69) is 25.5 Å². The van der Waals surface area contributed by atoms with Crippen LogP contribution in [0.25, 0.3) is 0 Å². The lowest BCUT2D eigenvalue weighted by atomic mass is 10.1. The maximum absolute atomic E-state index is 11.8. The molecule has 0 aliphatic carbocycles. The molecule has 0 unspecified atom stereocenters. The molecule has 0 radical (unpaired) electrons. The van der Waals surface area contributed by atoms with E-state index < -0.39 is 5.60 Å². The molecular formula is C18H30IN5O2. The third-order valence-electron chi connectivity index (χ3n) is 3.85. The lowest BCUT2D eigenvalue weighted by Gasteiger charge is -2.33. The Labute approximate surface area is 173 Å². The number of aromatic nitrogens is 1. The average Bonchev–Trinajstić information content (AvgIpc) is 2.58. The lowest BCUT2D eigenvalue weighted by molar-refractivity contribution is -0.153. The number of hydrogen-bond acceptors (Lipinski definition) is 5.